The number of carbonyl (C=O) groups excluding carboxylic acids is 2. The van der Waals surface area contributed by atoms with Crippen LogP contribution >= 0.6 is 22.9 Å². The lowest BCUT2D eigenvalue weighted by Crippen LogP contribution is -2.44. The molecule has 1 heterocycles. The molecule has 0 bridgehead atoms. The van der Waals surface area contributed by atoms with Gasteiger partial charge in [-0.25, -0.2) is 0 Å². The molecule has 42 heavy (non-hydrogen) atoms. The predicted octanol–water partition coefficient (Wildman–Crippen LogP) is 7.50. The number of carbonyl (C=O) groups is 2. The number of rotatable bonds is 9. The fraction of sp³-hybridized carbons (Fsp3) is 0.353. The van der Waals surface area contributed by atoms with E-state index < -0.39 is 0 Å². The third kappa shape index (κ3) is 6.33. The van der Waals surface area contributed by atoms with Crippen molar-refractivity contribution in [3.05, 3.63) is 87.8 Å². The maximum Gasteiger partial charge on any atom is 0.266 e. The summed E-state index contributed by atoms with van der Waals surface area (Å²) in [6.07, 6.45) is 3.87. The second kappa shape index (κ2) is 13.3. The number of nitrogens with one attached hydrogen (secondary N) is 1. The SMILES string of the molecule is CCOc1ccc(-c2ccc(C(=O)N(C)C)cc2)cc1CN(C(=O)c1sc2ccccc2c1Cl)C1CCC(NC)CC1. The molecule has 0 unspecified atom stereocenters. The summed E-state index contributed by atoms with van der Waals surface area (Å²) in [7, 11) is 5.51. The van der Waals surface area contributed by atoms with Gasteiger partial charge in [0, 0.05) is 53.9 Å². The summed E-state index contributed by atoms with van der Waals surface area (Å²) in [4.78, 5) is 30.9. The van der Waals surface area contributed by atoms with Gasteiger partial charge in [0.1, 0.15) is 10.6 Å². The molecular formula is C34H38ClN3O3S. The number of ether oxygens (including phenoxy) is 1. The number of hydrogen-bond acceptors (Lipinski definition) is 5. The number of thiophene rings is 1. The van der Waals surface area contributed by atoms with Gasteiger partial charge in [0.05, 0.1) is 11.6 Å². The van der Waals surface area contributed by atoms with E-state index in [1.54, 1.807) is 19.0 Å². The zero-order chi connectivity index (χ0) is 29.8. The normalized spacial score (nSPS) is 16.8. The van der Waals surface area contributed by atoms with E-state index in [9.17, 15) is 9.59 Å². The molecular weight excluding hydrogens is 566 g/mol. The molecule has 1 aromatic heterocycles. The van der Waals surface area contributed by atoms with Gasteiger partial charge >= 0.3 is 0 Å². The van der Waals surface area contributed by atoms with Crippen LogP contribution < -0.4 is 10.1 Å². The Kier molecular flexibility index (Phi) is 9.51. The Hall–Kier alpha value is -3.39. The first-order valence-corrected chi connectivity index (χ1v) is 15.7. The summed E-state index contributed by atoms with van der Waals surface area (Å²) < 4.78 is 7.08. The third-order valence-corrected chi connectivity index (χ3v) is 9.77. The molecule has 1 saturated carbocycles. The fourth-order valence-corrected chi connectivity index (χ4v) is 7.22. The lowest BCUT2D eigenvalue weighted by Gasteiger charge is -2.37. The van der Waals surface area contributed by atoms with Gasteiger partial charge in [-0.2, -0.15) is 0 Å². The number of fused-ring (bicyclic) bond motifs is 1. The number of amides is 2. The van der Waals surface area contributed by atoms with E-state index in [1.165, 1.54) is 11.3 Å². The fourth-order valence-electron chi connectivity index (χ4n) is 5.75. The van der Waals surface area contributed by atoms with Gasteiger partial charge in [0.25, 0.3) is 11.8 Å². The van der Waals surface area contributed by atoms with Crippen LogP contribution in [0.15, 0.2) is 66.7 Å². The molecule has 1 N–H and O–H groups in total. The van der Waals surface area contributed by atoms with Crippen LogP contribution in [-0.2, 0) is 6.54 Å². The highest BCUT2D eigenvalue weighted by Gasteiger charge is 2.32. The third-order valence-electron chi connectivity index (χ3n) is 8.11. The van der Waals surface area contributed by atoms with Crippen LogP contribution in [0.3, 0.4) is 0 Å². The zero-order valence-corrected chi connectivity index (χ0v) is 26.2. The molecule has 6 nitrogen and oxygen atoms in total. The van der Waals surface area contributed by atoms with Crippen molar-refractivity contribution in [2.75, 3.05) is 27.7 Å². The maximum absolute atomic E-state index is 14.3. The Labute approximate surface area is 257 Å². The van der Waals surface area contributed by atoms with Gasteiger partial charge in [-0.3, -0.25) is 9.59 Å². The molecule has 4 aromatic rings. The molecule has 0 aliphatic heterocycles. The van der Waals surface area contributed by atoms with E-state index in [-0.39, 0.29) is 17.9 Å². The van der Waals surface area contributed by atoms with Gasteiger partial charge in [-0.15, -0.1) is 11.3 Å². The van der Waals surface area contributed by atoms with Crippen LogP contribution in [-0.4, -0.2) is 61.4 Å². The Morgan fingerprint density at radius 3 is 2.29 bits per heavy atom. The Balaban J connectivity index is 1.51. The molecule has 2 amide bonds. The molecule has 5 rings (SSSR count). The number of nitrogens with zero attached hydrogens (tertiary/aromatic N) is 2. The quantitative estimate of drug-likeness (QED) is 0.215. The summed E-state index contributed by atoms with van der Waals surface area (Å²) >= 11 is 8.29. The van der Waals surface area contributed by atoms with Gasteiger partial charge < -0.3 is 19.9 Å². The Bertz CT molecular complexity index is 1560. The zero-order valence-electron chi connectivity index (χ0n) is 24.7. The van der Waals surface area contributed by atoms with Gasteiger partial charge in [-0.05, 0) is 81.1 Å². The van der Waals surface area contributed by atoms with Crippen molar-refractivity contribution >= 4 is 44.8 Å². The molecule has 1 aliphatic carbocycles. The van der Waals surface area contributed by atoms with E-state index in [0.29, 0.717) is 34.7 Å². The molecule has 0 radical (unpaired) electrons. The Morgan fingerprint density at radius 2 is 1.64 bits per heavy atom. The molecule has 3 aromatic carbocycles. The topological polar surface area (TPSA) is 61.9 Å². The van der Waals surface area contributed by atoms with Gasteiger partial charge in [-0.1, -0.05) is 48.0 Å². The van der Waals surface area contributed by atoms with Crippen molar-refractivity contribution in [1.82, 2.24) is 15.1 Å². The second-order valence-corrected chi connectivity index (χ2v) is 12.4. The number of benzene rings is 3. The monoisotopic (exact) mass is 603 g/mol. The Morgan fingerprint density at radius 1 is 0.952 bits per heavy atom. The lowest BCUT2D eigenvalue weighted by molar-refractivity contribution is 0.0604. The molecule has 220 valence electrons. The van der Waals surface area contributed by atoms with Crippen LogP contribution in [0.4, 0.5) is 0 Å². The van der Waals surface area contributed by atoms with Crippen molar-refractivity contribution in [2.24, 2.45) is 0 Å². The standard InChI is InChI=1S/C34H38ClN3O3S/c1-5-41-29-19-14-24(22-10-12-23(13-11-22)33(39)37(3)4)20-25(29)21-38(27-17-15-26(36-2)16-18-27)34(40)32-31(35)28-8-6-7-9-30(28)42-32/h6-14,19-20,26-27,36H,5,15-18,21H2,1-4H3. The first-order chi connectivity index (χ1) is 20.3. The van der Waals surface area contributed by atoms with E-state index in [2.05, 4.69) is 11.4 Å². The molecule has 1 fully saturated rings. The highest BCUT2D eigenvalue weighted by atomic mass is 35.5. The van der Waals surface area contributed by atoms with Crippen molar-refractivity contribution < 1.29 is 14.3 Å². The predicted molar refractivity (Wildman–Crippen MR) is 173 cm³/mol. The van der Waals surface area contributed by atoms with Gasteiger partial charge in [0.2, 0.25) is 0 Å². The molecule has 0 saturated heterocycles. The number of halogens is 1. The lowest BCUT2D eigenvalue weighted by atomic mass is 9.89. The molecule has 0 spiro atoms. The highest BCUT2D eigenvalue weighted by Crippen LogP contribution is 2.38. The minimum atomic E-state index is -0.0338. The average Bonchev–Trinajstić information content (AvgIpc) is 3.36. The second-order valence-electron chi connectivity index (χ2n) is 11.0. The summed E-state index contributed by atoms with van der Waals surface area (Å²) in [5.74, 6) is 0.703. The molecule has 8 heteroatoms. The van der Waals surface area contributed by atoms with E-state index in [4.69, 9.17) is 16.3 Å². The minimum absolute atomic E-state index is 0.0315. The minimum Gasteiger partial charge on any atom is -0.494 e. The van der Waals surface area contributed by atoms with Gasteiger partial charge in [0.15, 0.2) is 0 Å². The van der Waals surface area contributed by atoms with Crippen LogP contribution in [0.1, 0.15) is 58.2 Å². The summed E-state index contributed by atoms with van der Waals surface area (Å²) in [5.41, 5.74) is 3.59. The summed E-state index contributed by atoms with van der Waals surface area (Å²) in [5, 5.41) is 4.85. The van der Waals surface area contributed by atoms with E-state index >= 15 is 0 Å². The van der Waals surface area contributed by atoms with Crippen molar-refractivity contribution in [2.45, 2.75) is 51.2 Å². The van der Waals surface area contributed by atoms with E-state index in [1.807, 2.05) is 79.5 Å². The first-order valence-electron chi connectivity index (χ1n) is 14.5. The maximum atomic E-state index is 14.3. The van der Waals surface area contributed by atoms with Crippen LogP contribution in [0, 0.1) is 0 Å². The highest BCUT2D eigenvalue weighted by molar-refractivity contribution is 7.21. The summed E-state index contributed by atoms with van der Waals surface area (Å²) in [6.45, 7) is 2.91. The van der Waals surface area contributed by atoms with E-state index in [0.717, 1.165) is 58.2 Å². The molecule has 1 aliphatic rings. The summed E-state index contributed by atoms with van der Waals surface area (Å²) in [6, 6.07) is 22.3. The van der Waals surface area contributed by atoms with Crippen molar-refractivity contribution in [3.63, 3.8) is 0 Å². The van der Waals surface area contributed by atoms with Crippen LogP contribution in [0.2, 0.25) is 5.02 Å². The van der Waals surface area contributed by atoms with Crippen LogP contribution in [0.25, 0.3) is 21.2 Å². The first kappa shape index (κ1) is 30.1. The molecule has 0 atom stereocenters. The van der Waals surface area contributed by atoms with Crippen molar-refractivity contribution in [3.8, 4) is 16.9 Å². The number of hydrogen-bond donors (Lipinski definition) is 1. The average molecular weight is 604 g/mol. The largest absolute Gasteiger partial charge is 0.494 e. The smallest absolute Gasteiger partial charge is 0.266 e. The van der Waals surface area contributed by atoms with Crippen LogP contribution in [0.5, 0.6) is 5.75 Å². The van der Waals surface area contributed by atoms with Crippen molar-refractivity contribution in [1.29, 1.82) is 0 Å².